The zero-order chi connectivity index (χ0) is 11.1. The lowest BCUT2D eigenvalue weighted by Gasteiger charge is -2.01. The third-order valence-corrected chi connectivity index (χ3v) is 2.16. The minimum absolute atomic E-state index is 0. The van der Waals surface area contributed by atoms with E-state index in [1.165, 1.54) is 0 Å². The molecule has 6 heteroatoms. The maximum absolute atomic E-state index is 11.5. The molecular formula is C10H19ClN4O. The molecule has 0 aliphatic carbocycles. The smallest absolute Gasteiger partial charge is 0.271 e. The number of carbonyl (C=O) groups excluding carboxylic acids is 1. The number of hydrogen-bond donors (Lipinski definition) is 3. The van der Waals surface area contributed by atoms with Crippen LogP contribution in [-0.2, 0) is 6.42 Å². The highest BCUT2D eigenvalue weighted by Crippen LogP contribution is 1.99. The van der Waals surface area contributed by atoms with Crippen molar-refractivity contribution in [2.75, 3.05) is 13.1 Å². The summed E-state index contributed by atoms with van der Waals surface area (Å²) in [6.45, 7) is 3.33. The van der Waals surface area contributed by atoms with Gasteiger partial charge in [-0.1, -0.05) is 6.92 Å². The molecule has 1 rings (SSSR count). The number of nitrogens with zero attached hydrogens (tertiary/aromatic N) is 1. The number of nitrogens with one attached hydrogen (secondary N) is 2. The molecule has 0 aromatic carbocycles. The molecule has 0 aliphatic heterocycles. The highest BCUT2D eigenvalue weighted by Gasteiger charge is 2.08. The van der Waals surface area contributed by atoms with E-state index in [0.29, 0.717) is 18.8 Å². The van der Waals surface area contributed by atoms with Crippen LogP contribution in [0.1, 0.15) is 35.9 Å². The van der Waals surface area contributed by atoms with Gasteiger partial charge < -0.3 is 11.1 Å². The van der Waals surface area contributed by atoms with E-state index < -0.39 is 0 Å². The predicted octanol–water partition coefficient (Wildman–Crippen LogP) is 0.863. The van der Waals surface area contributed by atoms with Crippen LogP contribution in [0.15, 0.2) is 6.07 Å². The summed E-state index contributed by atoms with van der Waals surface area (Å²) in [6.07, 6.45) is 2.70. The first kappa shape index (κ1) is 14.9. The molecule has 16 heavy (non-hydrogen) atoms. The standard InChI is InChI=1S/C10H18N4O.ClH/c1-2-8-7-9(14-13-8)10(15)12-6-4-3-5-11;/h7H,2-6,11H2,1H3,(H,12,15)(H,13,14);1H. The van der Waals surface area contributed by atoms with Gasteiger partial charge in [0.1, 0.15) is 5.69 Å². The van der Waals surface area contributed by atoms with Crippen molar-refractivity contribution in [3.05, 3.63) is 17.5 Å². The van der Waals surface area contributed by atoms with Crippen molar-refractivity contribution in [3.63, 3.8) is 0 Å². The Bertz CT molecular complexity index is 314. The van der Waals surface area contributed by atoms with Crippen molar-refractivity contribution >= 4 is 18.3 Å². The Kier molecular flexibility index (Phi) is 7.58. The van der Waals surface area contributed by atoms with Gasteiger partial charge in [0.2, 0.25) is 0 Å². The number of aromatic amines is 1. The SMILES string of the molecule is CCc1cc(C(=O)NCCCCN)n[nH]1.Cl. The Morgan fingerprint density at radius 3 is 2.88 bits per heavy atom. The minimum atomic E-state index is -0.122. The third kappa shape index (κ3) is 4.63. The molecule has 0 radical (unpaired) electrons. The molecule has 0 spiro atoms. The number of carbonyl (C=O) groups is 1. The lowest BCUT2D eigenvalue weighted by molar-refractivity contribution is 0.0948. The van der Waals surface area contributed by atoms with Gasteiger partial charge in [-0.3, -0.25) is 9.89 Å². The molecule has 5 nitrogen and oxygen atoms in total. The first-order valence-electron chi connectivity index (χ1n) is 5.30. The molecule has 1 aromatic heterocycles. The quantitative estimate of drug-likeness (QED) is 0.651. The lowest BCUT2D eigenvalue weighted by atomic mass is 10.3. The monoisotopic (exact) mass is 246 g/mol. The van der Waals surface area contributed by atoms with E-state index in [-0.39, 0.29) is 18.3 Å². The summed E-state index contributed by atoms with van der Waals surface area (Å²) in [7, 11) is 0. The molecule has 1 amide bonds. The summed E-state index contributed by atoms with van der Waals surface area (Å²) < 4.78 is 0. The van der Waals surface area contributed by atoms with Gasteiger partial charge in [0.15, 0.2) is 0 Å². The van der Waals surface area contributed by atoms with Crippen molar-refractivity contribution in [3.8, 4) is 0 Å². The van der Waals surface area contributed by atoms with Crippen molar-refractivity contribution < 1.29 is 4.79 Å². The van der Waals surface area contributed by atoms with E-state index >= 15 is 0 Å². The lowest BCUT2D eigenvalue weighted by Crippen LogP contribution is -2.25. The molecule has 0 aliphatic rings. The van der Waals surface area contributed by atoms with E-state index in [9.17, 15) is 4.79 Å². The van der Waals surface area contributed by atoms with Crippen LogP contribution in [0.5, 0.6) is 0 Å². The Morgan fingerprint density at radius 2 is 2.31 bits per heavy atom. The highest BCUT2D eigenvalue weighted by molar-refractivity contribution is 5.92. The first-order valence-corrected chi connectivity index (χ1v) is 5.30. The predicted molar refractivity (Wildman–Crippen MR) is 65.8 cm³/mol. The molecular weight excluding hydrogens is 228 g/mol. The van der Waals surface area contributed by atoms with Crippen LogP contribution in [0, 0.1) is 0 Å². The number of aryl methyl sites for hydroxylation is 1. The fraction of sp³-hybridized carbons (Fsp3) is 0.600. The third-order valence-electron chi connectivity index (χ3n) is 2.16. The molecule has 1 heterocycles. The van der Waals surface area contributed by atoms with Gasteiger partial charge in [-0.15, -0.1) is 12.4 Å². The summed E-state index contributed by atoms with van der Waals surface area (Å²) in [6, 6.07) is 1.78. The second-order valence-electron chi connectivity index (χ2n) is 3.38. The number of aromatic nitrogens is 2. The summed E-state index contributed by atoms with van der Waals surface area (Å²) in [5.74, 6) is -0.122. The largest absolute Gasteiger partial charge is 0.351 e. The molecule has 0 saturated heterocycles. The van der Waals surface area contributed by atoms with E-state index in [2.05, 4.69) is 15.5 Å². The topological polar surface area (TPSA) is 83.8 Å². The number of H-pyrrole nitrogens is 1. The van der Waals surface area contributed by atoms with E-state index in [1.807, 2.05) is 6.92 Å². The van der Waals surface area contributed by atoms with Crippen LogP contribution in [0.25, 0.3) is 0 Å². The Hall–Kier alpha value is -1.07. The van der Waals surface area contributed by atoms with Crippen LogP contribution in [0.4, 0.5) is 0 Å². The number of nitrogens with two attached hydrogens (primary N) is 1. The minimum Gasteiger partial charge on any atom is -0.351 e. The van der Waals surface area contributed by atoms with Gasteiger partial charge in [0.05, 0.1) is 0 Å². The summed E-state index contributed by atoms with van der Waals surface area (Å²) in [5, 5.41) is 9.53. The van der Waals surface area contributed by atoms with Crippen LogP contribution >= 0.6 is 12.4 Å². The van der Waals surface area contributed by atoms with E-state index in [1.54, 1.807) is 6.07 Å². The average Bonchev–Trinajstić information content (AvgIpc) is 2.72. The molecule has 4 N–H and O–H groups in total. The molecule has 0 atom stereocenters. The van der Waals surface area contributed by atoms with Crippen LogP contribution in [0.2, 0.25) is 0 Å². The first-order chi connectivity index (χ1) is 7.27. The summed E-state index contributed by atoms with van der Waals surface area (Å²) in [4.78, 5) is 11.5. The normalized spacial score (nSPS) is 9.62. The molecule has 0 unspecified atom stereocenters. The number of amides is 1. The fourth-order valence-electron chi connectivity index (χ4n) is 1.22. The van der Waals surface area contributed by atoms with E-state index in [4.69, 9.17) is 5.73 Å². The average molecular weight is 247 g/mol. The van der Waals surface area contributed by atoms with Crippen molar-refractivity contribution in [2.24, 2.45) is 5.73 Å². The molecule has 1 aromatic rings. The van der Waals surface area contributed by atoms with Gasteiger partial charge in [-0.2, -0.15) is 5.10 Å². The number of halogens is 1. The molecule has 92 valence electrons. The molecule has 0 saturated carbocycles. The van der Waals surface area contributed by atoms with Gasteiger partial charge in [-0.25, -0.2) is 0 Å². The molecule has 0 fully saturated rings. The van der Waals surface area contributed by atoms with Crippen molar-refractivity contribution in [1.29, 1.82) is 0 Å². The second kappa shape index (κ2) is 8.13. The van der Waals surface area contributed by atoms with Gasteiger partial charge >= 0.3 is 0 Å². The number of rotatable bonds is 6. The zero-order valence-corrected chi connectivity index (χ0v) is 10.3. The van der Waals surface area contributed by atoms with Crippen molar-refractivity contribution in [2.45, 2.75) is 26.2 Å². The summed E-state index contributed by atoms with van der Waals surface area (Å²) in [5.41, 5.74) is 6.78. The highest BCUT2D eigenvalue weighted by atomic mass is 35.5. The zero-order valence-electron chi connectivity index (χ0n) is 9.45. The fourth-order valence-corrected chi connectivity index (χ4v) is 1.22. The number of unbranched alkanes of at least 4 members (excludes halogenated alkanes) is 1. The molecule has 0 bridgehead atoms. The van der Waals surface area contributed by atoms with Gasteiger partial charge in [0, 0.05) is 12.2 Å². The van der Waals surface area contributed by atoms with Crippen LogP contribution in [0.3, 0.4) is 0 Å². The summed E-state index contributed by atoms with van der Waals surface area (Å²) >= 11 is 0. The van der Waals surface area contributed by atoms with Crippen LogP contribution < -0.4 is 11.1 Å². The van der Waals surface area contributed by atoms with Crippen LogP contribution in [-0.4, -0.2) is 29.2 Å². The number of hydrogen-bond acceptors (Lipinski definition) is 3. The Balaban J connectivity index is 0.00000225. The van der Waals surface area contributed by atoms with E-state index in [0.717, 1.165) is 25.0 Å². The van der Waals surface area contributed by atoms with Gasteiger partial charge in [0.25, 0.3) is 5.91 Å². The maximum atomic E-state index is 11.5. The second-order valence-corrected chi connectivity index (χ2v) is 3.38. The van der Waals surface area contributed by atoms with Crippen molar-refractivity contribution in [1.82, 2.24) is 15.5 Å². The van der Waals surface area contributed by atoms with Gasteiger partial charge in [-0.05, 0) is 31.9 Å². The maximum Gasteiger partial charge on any atom is 0.271 e. The Morgan fingerprint density at radius 1 is 1.56 bits per heavy atom. The Labute approximate surface area is 102 Å².